The fraction of sp³-hybridized carbons (Fsp3) is 0.250. The third-order valence-electron chi connectivity index (χ3n) is 2.43. The molecule has 2 aromatic rings. The summed E-state index contributed by atoms with van der Waals surface area (Å²) in [5, 5.41) is 0. The summed E-state index contributed by atoms with van der Waals surface area (Å²) in [4.78, 5) is 6.97. The molecule has 6 nitrogen and oxygen atoms in total. The number of ether oxygens (including phenoxy) is 1. The van der Waals surface area contributed by atoms with Gasteiger partial charge in [-0.1, -0.05) is 0 Å². The van der Waals surface area contributed by atoms with Crippen LogP contribution in [0.3, 0.4) is 0 Å². The van der Waals surface area contributed by atoms with Crippen LogP contribution in [-0.4, -0.2) is 25.0 Å². The minimum absolute atomic E-state index is 0.128. The maximum atomic E-state index is 12.0. The van der Waals surface area contributed by atoms with E-state index >= 15 is 0 Å². The van der Waals surface area contributed by atoms with Crippen molar-refractivity contribution in [1.29, 1.82) is 0 Å². The molecule has 1 aromatic carbocycles. The number of H-pyrrole nitrogens is 1. The molecule has 0 aliphatic heterocycles. The van der Waals surface area contributed by atoms with Crippen LogP contribution >= 0.6 is 0 Å². The van der Waals surface area contributed by atoms with Crippen LogP contribution in [-0.2, 0) is 16.6 Å². The lowest BCUT2D eigenvalue weighted by Crippen LogP contribution is -2.23. The first-order chi connectivity index (χ1) is 9.12. The van der Waals surface area contributed by atoms with Gasteiger partial charge in [-0.2, -0.15) is 0 Å². The fourth-order valence-electron chi connectivity index (χ4n) is 1.52. The quantitative estimate of drug-likeness (QED) is 0.835. The third kappa shape index (κ3) is 3.55. The topological polar surface area (TPSA) is 84.1 Å². The number of imidazole rings is 1. The average molecular weight is 281 g/mol. The number of hydrogen-bond acceptors (Lipinski definition) is 4. The first kappa shape index (κ1) is 13.6. The molecular weight excluding hydrogens is 266 g/mol. The Kier molecular flexibility index (Phi) is 4.18. The molecule has 2 N–H and O–H groups in total. The highest BCUT2D eigenvalue weighted by Gasteiger charge is 2.14. The average Bonchev–Trinajstić information content (AvgIpc) is 2.91. The summed E-state index contributed by atoms with van der Waals surface area (Å²) in [5.74, 6) is 1.21. The molecule has 0 atom stereocenters. The monoisotopic (exact) mass is 281 g/mol. The van der Waals surface area contributed by atoms with Gasteiger partial charge in [-0.25, -0.2) is 18.1 Å². The Morgan fingerprint density at radius 3 is 2.63 bits per heavy atom. The van der Waals surface area contributed by atoms with Crippen molar-refractivity contribution in [2.75, 3.05) is 6.61 Å². The lowest BCUT2D eigenvalue weighted by molar-refractivity contribution is 0.340. The number of hydrogen-bond donors (Lipinski definition) is 2. The van der Waals surface area contributed by atoms with Gasteiger partial charge < -0.3 is 9.72 Å². The van der Waals surface area contributed by atoms with E-state index in [1.54, 1.807) is 24.5 Å². The van der Waals surface area contributed by atoms with E-state index in [-0.39, 0.29) is 11.4 Å². The first-order valence-electron chi connectivity index (χ1n) is 5.82. The Labute approximate surface area is 111 Å². The molecule has 2 rings (SSSR count). The van der Waals surface area contributed by atoms with Crippen LogP contribution in [0.25, 0.3) is 0 Å². The summed E-state index contributed by atoms with van der Waals surface area (Å²) in [7, 11) is -3.53. The highest BCUT2D eigenvalue weighted by molar-refractivity contribution is 7.89. The summed E-state index contributed by atoms with van der Waals surface area (Å²) in [5.41, 5.74) is 0. The van der Waals surface area contributed by atoms with Crippen molar-refractivity contribution in [1.82, 2.24) is 14.7 Å². The molecule has 0 radical (unpaired) electrons. The van der Waals surface area contributed by atoms with E-state index in [0.717, 1.165) is 0 Å². The molecule has 7 heteroatoms. The molecule has 1 heterocycles. The van der Waals surface area contributed by atoms with Crippen LogP contribution in [0, 0.1) is 0 Å². The molecule has 102 valence electrons. The number of nitrogens with zero attached hydrogens (tertiary/aromatic N) is 1. The summed E-state index contributed by atoms with van der Waals surface area (Å²) in [6.07, 6.45) is 3.21. The van der Waals surface area contributed by atoms with Crippen molar-refractivity contribution >= 4 is 10.0 Å². The number of benzene rings is 1. The molecule has 0 aliphatic carbocycles. The maximum absolute atomic E-state index is 12.0. The maximum Gasteiger partial charge on any atom is 0.240 e. The summed E-state index contributed by atoms with van der Waals surface area (Å²) < 4.78 is 31.7. The van der Waals surface area contributed by atoms with Crippen molar-refractivity contribution < 1.29 is 13.2 Å². The Bertz CT molecular complexity index is 606. The Morgan fingerprint density at radius 1 is 1.32 bits per heavy atom. The highest BCUT2D eigenvalue weighted by Crippen LogP contribution is 2.15. The molecule has 0 amide bonds. The van der Waals surface area contributed by atoms with E-state index in [4.69, 9.17) is 4.74 Å². The minimum atomic E-state index is -3.53. The largest absolute Gasteiger partial charge is 0.494 e. The Morgan fingerprint density at radius 2 is 2.05 bits per heavy atom. The van der Waals surface area contributed by atoms with E-state index < -0.39 is 10.0 Å². The Balaban J connectivity index is 2.06. The lowest BCUT2D eigenvalue weighted by atomic mass is 10.3. The normalized spacial score (nSPS) is 11.4. The van der Waals surface area contributed by atoms with Crippen molar-refractivity contribution in [2.24, 2.45) is 0 Å². The van der Waals surface area contributed by atoms with Gasteiger partial charge in [0, 0.05) is 12.4 Å². The van der Waals surface area contributed by atoms with Gasteiger partial charge in [0.05, 0.1) is 18.0 Å². The number of nitrogens with one attached hydrogen (secondary N) is 2. The van der Waals surface area contributed by atoms with Gasteiger partial charge in [0.15, 0.2) is 0 Å². The van der Waals surface area contributed by atoms with Gasteiger partial charge in [0.1, 0.15) is 11.6 Å². The zero-order valence-electron chi connectivity index (χ0n) is 10.5. The third-order valence-corrected chi connectivity index (χ3v) is 3.85. The van der Waals surface area contributed by atoms with Gasteiger partial charge in [0.2, 0.25) is 10.0 Å². The zero-order valence-corrected chi connectivity index (χ0v) is 11.3. The van der Waals surface area contributed by atoms with E-state index in [0.29, 0.717) is 18.2 Å². The summed E-state index contributed by atoms with van der Waals surface area (Å²) in [6.45, 7) is 2.54. The molecule has 1 aromatic heterocycles. The van der Waals surface area contributed by atoms with Gasteiger partial charge in [-0.15, -0.1) is 0 Å². The second-order valence-electron chi connectivity index (χ2n) is 3.76. The van der Waals surface area contributed by atoms with Gasteiger partial charge in [-0.3, -0.25) is 0 Å². The van der Waals surface area contributed by atoms with E-state index in [1.807, 2.05) is 6.92 Å². The minimum Gasteiger partial charge on any atom is -0.494 e. The van der Waals surface area contributed by atoms with Crippen LogP contribution < -0.4 is 9.46 Å². The summed E-state index contributed by atoms with van der Waals surface area (Å²) >= 11 is 0. The van der Waals surface area contributed by atoms with E-state index in [9.17, 15) is 8.42 Å². The van der Waals surface area contributed by atoms with Gasteiger partial charge >= 0.3 is 0 Å². The van der Waals surface area contributed by atoms with E-state index in [2.05, 4.69) is 14.7 Å². The Hall–Kier alpha value is -1.86. The molecule has 0 saturated carbocycles. The SMILES string of the molecule is CCOc1ccc(S(=O)(=O)NCc2ncc[nH]2)cc1. The van der Waals surface area contributed by atoms with Crippen molar-refractivity contribution in [3.8, 4) is 5.75 Å². The molecule has 0 bridgehead atoms. The predicted octanol–water partition coefficient (Wildman–Crippen LogP) is 1.29. The second kappa shape index (κ2) is 5.85. The number of aromatic amines is 1. The van der Waals surface area contributed by atoms with Crippen molar-refractivity contribution in [3.63, 3.8) is 0 Å². The van der Waals surface area contributed by atoms with Crippen LogP contribution in [0.1, 0.15) is 12.7 Å². The highest BCUT2D eigenvalue weighted by atomic mass is 32.2. The van der Waals surface area contributed by atoms with Crippen LogP contribution in [0.5, 0.6) is 5.75 Å². The number of rotatable bonds is 6. The van der Waals surface area contributed by atoms with Crippen LogP contribution in [0.4, 0.5) is 0 Å². The van der Waals surface area contributed by atoms with E-state index in [1.165, 1.54) is 12.1 Å². The van der Waals surface area contributed by atoms with Crippen molar-refractivity contribution in [2.45, 2.75) is 18.4 Å². The molecule has 0 unspecified atom stereocenters. The molecule has 19 heavy (non-hydrogen) atoms. The smallest absolute Gasteiger partial charge is 0.240 e. The lowest BCUT2D eigenvalue weighted by Gasteiger charge is -2.07. The van der Waals surface area contributed by atoms with Gasteiger partial charge in [-0.05, 0) is 31.2 Å². The van der Waals surface area contributed by atoms with Crippen molar-refractivity contribution in [3.05, 3.63) is 42.5 Å². The summed E-state index contributed by atoms with van der Waals surface area (Å²) in [6, 6.07) is 6.28. The van der Waals surface area contributed by atoms with Crippen LogP contribution in [0.2, 0.25) is 0 Å². The molecule has 0 aliphatic rings. The number of sulfonamides is 1. The molecule has 0 spiro atoms. The molecule has 0 saturated heterocycles. The molecular formula is C12H15N3O3S. The standard InChI is InChI=1S/C12H15N3O3S/c1-2-18-10-3-5-11(6-4-10)19(16,17)15-9-12-13-7-8-14-12/h3-8,15H,2,9H2,1H3,(H,13,14). The second-order valence-corrected chi connectivity index (χ2v) is 5.53. The predicted molar refractivity (Wildman–Crippen MR) is 70.2 cm³/mol. The fourth-order valence-corrected chi connectivity index (χ4v) is 2.51. The number of aromatic nitrogens is 2. The van der Waals surface area contributed by atoms with Gasteiger partial charge in [0.25, 0.3) is 0 Å². The first-order valence-corrected chi connectivity index (χ1v) is 7.31. The van der Waals surface area contributed by atoms with Crippen LogP contribution in [0.15, 0.2) is 41.6 Å². The zero-order chi connectivity index (χ0) is 13.7. The molecule has 0 fully saturated rings.